The second kappa shape index (κ2) is 3.07. The average Bonchev–Trinajstić information content (AvgIpc) is 2.80. The number of aryl methyl sites for hydroxylation is 3. The number of rotatable bonds is 1. The van der Waals surface area contributed by atoms with Crippen molar-refractivity contribution >= 4 is 16.3 Å². The van der Waals surface area contributed by atoms with Crippen LogP contribution in [0.2, 0.25) is 0 Å². The van der Waals surface area contributed by atoms with Crippen LogP contribution in [0.3, 0.4) is 0 Å². The van der Waals surface area contributed by atoms with Crippen LogP contribution in [-0.4, -0.2) is 9.38 Å². The van der Waals surface area contributed by atoms with E-state index in [1.807, 2.05) is 6.92 Å². The molecule has 2 heterocycles. The number of imidazole rings is 1. The highest BCUT2D eigenvalue weighted by Gasteiger charge is 2.21. The van der Waals surface area contributed by atoms with Gasteiger partial charge in [0.1, 0.15) is 0 Å². The van der Waals surface area contributed by atoms with Gasteiger partial charge in [-0.1, -0.05) is 0 Å². The van der Waals surface area contributed by atoms with E-state index in [2.05, 4.69) is 15.5 Å². The number of nitrogens with zero attached hydrogens (tertiary/aromatic N) is 3. The highest BCUT2D eigenvalue weighted by atomic mass is 32.1. The zero-order valence-corrected chi connectivity index (χ0v) is 9.39. The van der Waals surface area contributed by atoms with E-state index in [0.29, 0.717) is 6.42 Å². The number of fused-ring (bicyclic) bond motifs is 3. The molecule has 0 aromatic carbocycles. The van der Waals surface area contributed by atoms with Crippen molar-refractivity contribution in [2.75, 3.05) is 0 Å². The van der Waals surface area contributed by atoms with Gasteiger partial charge in [-0.15, -0.1) is 11.3 Å². The number of aromatic nitrogens is 2. The molecule has 0 unspecified atom stereocenters. The molecule has 0 spiro atoms. The summed E-state index contributed by atoms with van der Waals surface area (Å²) in [5.74, 6) is 0. The molecule has 0 saturated carbocycles. The fourth-order valence-corrected chi connectivity index (χ4v) is 3.59. The summed E-state index contributed by atoms with van der Waals surface area (Å²) in [5.41, 5.74) is 3.50. The van der Waals surface area contributed by atoms with E-state index < -0.39 is 0 Å². The SMILES string of the molecule is Cc1nc2sc3c(n2c1CC#N)CCC3. The minimum Gasteiger partial charge on any atom is -0.290 e. The Labute approximate surface area is 92.0 Å². The van der Waals surface area contributed by atoms with Crippen molar-refractivity contribution in [2.24, 2.45) is 0 Å². The summed E-state index contributed by atoms with van der Waals surface area (Å²) in [6.07, 6.45) is 4.05. The van der Waals surface area contributed by atoms with E-state index in [4.69, 9.17) is 5.26 Å². The fraction of sp³-hybridized carbons (Fsp3) is 0.455. The van der Waals surface area contributed by atoms with E-state index in [1.165, 1.54) is 23.4 Å². The van der Waals surface area contributed by atoms with Crippen molar-refractivity contribution in [3.8, 4) is 6.07 Å². The van der Waals surface area contributed by atoms with Gasteiger partial charge in [0.15, 0.2) is 4.96 Å². The first kappa shape index (κ1) is 8.93. The molecule has 4 heteroatoms. The molecule has 0 radical (unpaired) electrons. The first-order valence-corrected chi connectivity index (χ1v) is 5.98. The standard InChI is InChI=1S/C11H11N3S/c1-7-8(5-6-12)14-9-3-2-4-10(9)15-11(14)13-7/h2-5H2,1H3. The molecule has 0 atom stereocenters. The molecule has 1 aliphatic rings. The zero-order valence-electron chi connectivity index (χ0n) is 8.58. The number of thiazole rings is 1. The molecule has 0 fully saturated rings. The fourth-order valence-electron chi connectivity index (χ4n) is 2.32. The summed E-state index contributed by atoms with van der Waals surface area (Å²) < 4.78 is 2.21. The maximum Gasteiger partial charge on any atom is 0.194 e. The molecule has 3 rings (SSSR count). The molecule has 15 heavy (non-hydrogen) atoms. The van der Waals surface area contributed by atoms with Crippen LogP contribution in [0, 0.1) is 18.3 Å². The lowest BCUT2D eigenvalue weighted by Gasteiger charge is -1.98. The van der Waals surface area contributed by atoms with Gasteiger partial charge in [-0.25, -0.2) is 4.98 Å². The third-order valence-electron chi connectivity index (χ3n) is 3.01. The molecule has 0 N–H and O–H groups in total. The highest BCUT2D eigenvalue weighted by Crippen LogP contribution is 2.32. The third kappa shape index (κ3) is 1.13. The molecule has 0 aliphatic heterocycles. The number of hydrogen-bond acceptors (Lipinski definition) is 3. The first-order chi connectivity index (χ1) is 7.31. The van der Waals surface area contributed by atoms with Crippen LogP contribution in [0.5, 0.6) is 0 Å². The smallest absolute Gasteiger partial charge is 0.194 e. The Morgan fingerprint density at radius 2 is 2.40 bits per heavy atom. The van der Waals surface area contributed by atoms with E-state index in [0.717, 1.165) is 22.8 Å². The van der Waals surface area contributed by atoms with Crippen molar-refractivity contribution in [2.45, 2.75) is 32.6 Å². The van der Waals surface area contributed by atoms with Crippen molar-refractivity contribution < 1.29 is 0 Å². The van der Waals surface area contributed by atoms with Gasteiger partial charge in [0.25, 0.3) is 0 Å². The predicted molar refractivity (Wildman–Crippen MR) is 59.1 cm³/mol. The van der Waals surface area contributed by atoms with Gasteiger partial charge < -0.3 is 0 Å². The molecular formula is C11H11N3S. The van der Waals surface area contributed by atoms with Gasteiger partial charge in [-0.3, -0.25) is 4.40 Å². The van der Waals surface area contributed by atoms with Crippen molar-refractivity contribution in [3.63, 3.8) is 0 Å². The Kier molecular flexibility index (Phi) is 1.83. The molecule has 0 amide bonds. The Morgan fingerprint density at radius 3 is 3.20 bits per heavy atom. The maximum absolute atomic E-state index is 8.82. The predicted octanol–water partition coefficient (Wildman–Crippen LogP) is 2.26. The van der Waals surface area contributed by atoms with E-state index in [-0.39, 0.29) is 0 Å². The Hall–Kier alpha value is -1.34. The number of nitriles is 1. The van der Waals surface area contributed by atoms with E-state index in [1.54, 1.807) is 11.3 Å². The molecule has 2 aromatic rings. The number of hydrogen-bond donors (Lipinski definition) is 0. The second-order valence-electron chi connectivity index (χ2n) is 3.92. The van der Waals surface area contributed by atoms with Crippen molar-refractivity contribution in [3.05, 3.63) is 22.0 Å². The molecule has 1 aliphatic carbocycles. The van der Waals surface area contributed by atoms with Gasteiger partial charge in [0, 0.05) is 10.6 Å². The van der Waals surface area contributed by atoms with Crippen LogP contribution in [-0.2, 0) is 19.3 Å². The lowest BCUT2D eigenvalue weighted by atomic mass is 10.2. The minimum absolute atomic E-state index is 0.468. The van der Waals surface area contributed by atoms with Gasteiger partial charge in [0.05, 0.1) is 23.9 Å². The van der Waals surface area contributed by atoms with Crippen LogP contribution in [0.25, 0.3) is 4.96 Å². The van der Waals surface area contributed by atoms with Crippen LogP contribution in [0.15, 0.2) is 0 Å². The Balaban J connectivity index is 2.32. The minimum atomic E-state index is 0.468. The Morgan fingerprint density at radius 1 is 1.53 bits per heavy atom. The van der Waals surface area contributed by atoms with Crippen molar-refractivity contribution in [1.82, 2.24) is 9.38 Å². The molecular weight excluding hydrogens is 206 g/mol. The van der Waals surface area contributed by atoms with Crippen LogP contribution < -0.4 is 0 Å². The van der Waals surface area contributed by atoms with E-state index >= 15 is 0 Å². The van der Waals surface area contributed by atoms with Crippen LogP contribution >= 0.6 is 11.3 Å². The van der Waals surface area contributed by atoms with Crippen molar-refractivity contribution in [1.29, 1.82) is 5.26 Å². The highest BCUT2D eigenvalue weighted by molar-refractivity contribution is 7.17. The monoisotopic (exact) mass is 217 g/mol. The molecule has 2 aromatic heterocycles. The summed E-state index contributed by atoms with van der Waals surface area (Å²) in [4.78, 5) is 7.07. The lowest BCUT2D eigenvalue weighted by molar-refractivity contribution is 0.876. The normalized spacial score (nSPS) is 14.4. The topological polar surface area (TPSA) is 41.1 Å². The van der Waals surface area contributed by atoms with Gasteiger partial charge in [-0.2, -0.15) is 5.26 Å². The zero-order chi connectivity index (χ0) is 10.4. The summed E-state index contributed by atoms with van der Waals surface area (Å²) in [6, 6.07) is 2.23. The quantitative estimate of drug-likeness (QED) is 0.735. The average molecular weight is 217 g/mol. The molecule has 0 bridgehead atoms. The lowest BCUT2D eigenvalue weighted by Crippen LogP contribution is -1.96. The summed E-state index contributed by atoms with van der Waals surface area (Å²) in [6.45, 7) is 1.99. The third-order valence-corrected chi connectivity index (χ3v) is 4.15. The summed E-state index contributed by atoms with van der Waals surface area (Å²) in [5, 5.41) is 8.82. The van der Waals surface area contributed by atoms with Gasteiger partial charge in [-0.05, 0) is 26.2 Å². The summed E-state index contributed by atoms with van der Waals surface area (Å²) in [7, 11) is 0. The van der Waals surface area contributed by atoms with Crippen LogP contribution in [0.1, 0.15) is 28.4 Å². The largest absolute Gasteiger partial charge is 0.290 e. The second-order valence-corrected chi connectivity index (χ2v) is 4.98. The molecule has 76 valence electrons. The molecule has 0 saturated heterocycles. The molecule has 3 nitrogen and oxygen atoms in total. The van der Waals surface area contributed by atoms with Gasteiger partial charge >= 0.3 is 0 Å². The van der Waals surface area contributed by atoms with Crippen LogP contribution in [0.4, 0.5) is 0 Å². The van der Waals surface area contributed by atoms with E-state index in [9.17, 15) is 0 Å². The van der Waals surface area contributed by atoms with Gasteiger partial charge in [0.2, 0.25) is 0 Å². The first-order valence-electron chi connectivity index (χ1n) is 5.16. The maximum atomic E-state index is 8.82. The summed E-state index contributed by atoms with van der Waals surface area (Å²) >= 11 is 1.79. The Bertz CT molecular complexity index is 571.